The van der Waals surface area contributed by atoms with Crippen LogP contribution in [0.5, 0.6) is 0 Å². The smallest absolute Gasteiger partial charge is 0.326 e. The summed E-state index contributed by atoms with van der Waals surface area (Å²) in [5.74, 6) is -2.84. The van der Waals surface area contributed by atoms with E-state index >= 15 is 0 Å². The van der Waals surface area contributed by atoms with Gasteiger partial charge in [-0.2, -0.15) is 9.97 Å². The van der Waals surface area contributed by atoms with Crippen LogP contribution in [0.3, 0.4) is 0 Å². The number of carbonyl (C=O) groups excluding carboxylic acids is 1. The average Bonchev–Trinajstić information content (AvgIpc) is 3.13. The summed E-state index contributed by atoms with van der Waals surface area (Å²) < 4.78 is 5.40. The molecule has 3 rings (SSSR count). The number of anilines is 2. The second kappa shape index (κ2) is 9.16. The van der Waals surface area contributed by atoms with Gasteiger partial charge in [0.15, 0.2) is 0 Å². The lowest BCUT2D eigenvalue weighted by Crippen LogP contribution is -2.41. The van der Waals surface area contributed by atoms with Crippen LogP contribution in [-0.4, -0.2) is 44.1 Å². The monoisotopic (exact) mass is 439 g/mol. The molecule has 0 saturated carbocycles. The highest BCUT2D eigenvalue weighted by Gasteiger charge is 2.21. The number of carboxylic acid groups (broad SMARTS) is 2. The first-order valence-corrected chi connectivity index (χ1v) is 9.50. The quantitative estimate of drug-likeness (QED) is 0.346. The van der Waals surface area contributed by atoms with Crippen LogP contribution in [-0.2, 0) is 9.59 Å². The average molecular weight is 439 g/mol. The van der Waals surface area contributed by atoms with Crippen LogP contribution in [0.4, 0.5) is 11.8 Å². The molecule has 0 aliphatic heterocycles. The Labute approximate surface area is 181 Å². The normalized spacial score (nSPS) is 12.5. The molecule has 0 spiro atoms. The number of hydrogen-bond acceptors (Lipinski definition) is 8. The minimum Gasteiger partial charge on any atom is -0.481 e. The van der Waals surface area contributed by atoms with Crippen molar-refractivity contribution >= 4 is 52.4 Å². The molecule has 166 valence electrons. The summed E-state index contributed by atoms with van der Waals surface area (Å²) >= 11 is 0. The van der Waals surface area contributed by atoms with Crippen molar-refractivity contribution in [3.05, 3.63) is 47.2 Å². The van der Waals surface area contributed by atoms with Crippen molar-refractivity contribution in [3.63, 3.8) is 0 Å². The zero-order valence-corrected chi connectivity index (χ0v) is 17.0. The molecule has 11 nitrogen and oxygen atoms in total. The molecule has 0 unspecified atom stereocenters. The number of nitrogen functional groups attached to an aromatic ring is 2. The maximum absolute atomic E-state index is 12.4. The Balaban J connectivity index is 1.77. The first-order valence-electron chi connectivity index (χ1n) is 9.50. The Morgan fingerprint density at radius 1 is 1.12 bits per heavy atom. The number of carbonyl (C=O) groups is 3. The molecule has 0 radical (unpaired) electrons. The Bertz CT molecular complexity index is 1220. The van der Waals surface area contributed by atoms with Crippen LogP contribution in [0, 0.1) is 0 Å². The van der Waals surface area contributed by atoms with E-state index in [1.165, 1.54) is 6.26 Å². The molecule has 2 heterocycles. The van der Waals surface area contributed by atoms with E-state index < -0.39 is 23.9 Å². The molecule has 1 amide bonds. The third kappa shape index (κ3) is 5.01. The predicted octanol–water partition coefficient (Wildman–Crippen LogP) is 2.00. The SMILES string of the molecule is C/C(=C/c1coc2nc(N)nc(N)c12)c1ccc(C(=O)N[C@@H](CCC(=O)O)C(=O)O)cc1. The Hall–Kier alpha value is -4.41. The standard InChI is InChI=1S/C21H21N5O6/c1-10(8-13-9-32-19-16(13)17(22)25-21(23)26-19)11-2-4-12(5-3-11)18(29)24-14(20(30)31)6-7-15(27)28/h2-5,8-9,14H,6-7H2,1H3,(H,24,29)(H,27,28)(H,30,31)(H4,22,23,25,26)/b10-8-/t14-/m0/s1. The minimum atomic E-state index is -1.30. The lowest BCUT2D eigenvalue weighted by atomic mass is 10.0. The minimum absolute atomic E-state index is 0.0126. The van der Waals surface area contributed by atoms with Crippen molar-refractivity contribution in [1.29, 1.82) is 0 Å². The van der Waals surface area contributed by atoms with Gasteiger partial charge in [0.2, 0.25) is 11.7 Å². The van der Waals surface area contributed by atoms with Crippen molar-refractivity contribution in [3.8, 4) is 0 Å². The van der Waals surface area contributed by atoms with E-state index in [0.717, 1.165) is 11.1 Å². The lowest BCUT2D eigenvalue weighted by molar-refractivity contribution is -0.140. The molecule has 0 aliphatic carbocycles. The van der Waals surface area contributed by atoms with Gasteiger partial charge < -0.3 is 31.4 Å². The number of rotatable bonds is 8. The largest absolute Gasteiger partial charge is 0.481 e. The topological polar surface area (TPSA) is 195 Å². The number of aromatic nitrogens is 2. The summed E-state index contributed by atoms with van der Waals surface area (Å²) in [6.07, 6.45) is 2.73. The highest BCUT2D eigenvalue weighted by atomic mass is 16.4. The number of nitrogens with zero attached hydrogens (tertiary/aromatic N) is 2. The van der Waals surface area contributed by atoms with E-state index in [-0.39, 0.29) is 35.9 Å². The van der Waals surface area contributed by atoms with E-state index in [1.54, 1.807) is 24.3 Å². The molecule has 11 heteroatoms. The molecule has 0 fully saturated rings. The van der Waals surface area contributed by atoms with Gasteiger partial charge in [-0.05, 0) is 42.7 Å². The van der Waals surface area contributed by atoms with Crippen LogP contribution in [0.15, 0.2) is 34.9 Å². The molecule has 1 aromatic carbocycles. The number of aliphatic carboxylic acids is 2. The third-order valence-corrected chi connectivity index (χ3v) is 4.73. The Kier molecular flexibility index (Phi) is 6.38. The van der Waals surface area contributed by atoms with Gasteiger partial charge in [-0.1, -0.05) is 12.1 Å². The Morgan fingerprint density at radius 3 is 2.41 bits per heavy atom. The van der Waals surface area contributed by atoms with Crippen LogP contribution in [0.1, 0.15) is 41.3 Å². The molecular weight excluding hydrogens is 418 g/mol. The number of benzene rings is 1. The first kappa shape index (κ1) is 22.3. The van der Waals surface area contributed by atoms with Crippen LogP contribution in [0.25, 0.3) is 22.7 Å². The summed E-state index contributed by atoms with van der Waals surface area (Å²) in [6, 6.07) is 5.20. The van der Waals surface area contributed by atoms with Gasteiger partial charge in [0, 0.05) is 17.5 Å². The van der Waals surface area contributed by atoms with E-state index in [0.29, 0.717) is 10.9 Å². The van der Waals surface area contributed by atoms with Crippen LogP contribution < -0.4 is 16.8 Å². The van der Waals surface area contributed by atoms with E-state index in [9.17, 15) is 19.5 Å². The van der Waals surface area contributed by atoms with Crippen molar-refractivity contribution in [2.45, 2.75) is 25.8 Å². The molecule has 0 saturated heterocycles. The number of fused-ring (bicyclic) bond motifs is 1. The molecule has 2 aromatic heterocycles. The summed E-state index contributed by atoms with van der Waals surface area (Å²) in [5, 5.41) is 20.8. The zero-order chi connectivity index (χ0) is 23.4. The fourth-order valence-corrected chi connectivity index (χ4v) is 3.08. The predicted molar refractivity (Wildman–Crippen MR) is 116 cm³/mol. The van der Waals surface area contributed by atoms with Crippen LogP contribution >= 0.6 is 0 Å². The highest BCUT2D eigenvalue weighted by Crippen LogP contribution is 2.28. The molecular formula is C21H21N5O6. The first-order chi connectivity index (χ1) is 15.2. The number of hydrogen-bond donors (Lipinski definition) is 5. The molecule has 32 heavy (non-hydrogen) atoms. The van der Waals surface area contributed by atoms with Gasteiger partial charge in [0.1, 0.15) is 18.1 Å². The second-order valence-electron chi connectivity index (χ2n) is 7.04. The fraction of sp³-hybridized carbons (Fsp3) is 0.190. The van der Waals surface area contributed by atoms with E-state index in [2.05, 4.69) is 15.3 Å². The molecule has 0 aliphatic rings. The summed E-state index contributed by atoms with van der Waals surface area (Å²) in [6.45, 7) is 1.86. The number of furan rings is 1. The van der Waals surface area contributed by atoms with Crippen molar-refractivity contribution < 1.29 is 29.0 Å². The van der Waals surface area contributed by atoms with Crippen molar-refractivity contribution in [1.82, 2.24) is 15.3 Å². The number of amides is 1. The van der Waals surface area contributed by atoms with Gasteiger partial charge in [-0.15, -0.1) is 0 Å². The van der Waals surface area contributed by atoms with Gasteiger partial charge in [-0.3, -0.25) is 9.59 Å². The van der Waals surface area contributed by atoms with Gasteiger partial charge in [0.05, 0.1) is 5.39 Å². The Morgan fingerprint density at radius 2 is 1.78 bits per heavy atom. The number of allylic oxidation sites excluding steroid dienone is 1. The maximum atomic E-state index is 12.4. The van der Waals surface area contributed by atoms with Gasteiger partial charge >= 0.3 is 11.9 Å². The van der Waals surface area contributed by atoms with Crippen molar-refractivity contribution in [2.24, 2.45) is 0 Å². The highest BCUT2D eigenvalue weighted by molar-refractivity contribution is 5.99. The summed E-state index contributed by atoms with van der Waals surface area (Å²) in [4.78, 5) is 42.2. The third-order valence-electron chi connectivity index (χ3n) is 4.73. The van der Waals surface area contributed by atoms with Crippen molar-refractivity contribution in [2.75, 3.05) is 11.5 Å². The van der Waals surface area contributed by atoms with Crippen LogP contribution in [0.2, 0.25) is 0 Å². The molecule has 1 atom stereocenters. The molecule has 7 N–H and O–H groups in total. The van der Waals surface area contributed by atoms with Gasteiger partial charge in [-0.25, -0.2) is 4.79 Å². The van der Waals surface area contributed by atoms with E-state index in [4.69, 9.17) is 21.0 Å². The maximum Gasteiger partial charge on any atom is 0.326 e. The lowest BCUT2D eigenvalue weighted by Gasteiger charge is -2.13. The van der Waals surface area contributed by atoms with Gasteiger partial charge in [0.25, 0.3) is 5.91 Å². The second-order valence-corrected chi connectivity index (χ2v) is 7.04. The molecule has 3 aromatic rings. The van der Waals surface area contributed by atoms with E-state index in [1.807, 2.05) is 13.0 Å². The number of nitrogens with two attached hydrogens (primary N) is 2. The number of carboxylic acids is 2. The summed E-state index contributed by atoms with van der Waals surface area (Å²) in [7, 11) is 0. The number of nitrogens with one attached hydrogen (secondary N) is 1. The zero-order valence-electron chi connectivity index (χ0n) is 17.0. The molecule has 0 bridgehead atoms. The summed E-state index contributed by atoms with van der Waals surface area (Å²) in [5.41, 5.74) is 14.3. The fourth-order valence-electron chi connectivity index (χ4n) is 3.08.